The molecule has 0 saturated heterocycles. The van der Waals surface area contributed by atoms with Gasteiger partial charge in [-0.3, -0.25) is 0 Å². The minimum atomic E-state index is -0.132. The Hall–Kier alpha value is -0.340. The molecule has 1 unspecified atom stereocenters. The van der Waals surface area contributed by atoms with Crippen molar-refractivity contribution in [2.24, 2.45) is 5.92 Å². The molecule has 0 aromatic rings. The summed E-state index contributed by atoms with van der Waals surface area (Å²) in [6.45, 7) is 6.11. The number of rotatable bonds is 12. The fraction of sp³-hybridized carbons (Fsp3) is 0.867. The first-order chi connectivity index (χ1) is 8.29. The second-order valence-corrected chi connectivity index (χ2v) is 4.65. The van der Waals surface area contributed by atoms with Crippen molar-refractivity contribution in [2.75, 3.05) is 14.2 Å². The summed E-state index contributed by atoms with van der Waals surface area (Å²) in [4.78, 5) is 0. The molecule has 0 aliphatic carbocycles. The molecule has 0 aromatic heterocycles. The van der Waals surface area contributed by atoms with Crippen LogP contribution in [0.15, 0.2) is 12.7 Å². The lowest BCUT2D eigenvalue weighted by Crippen LogP contribution is -2.23. The highest BCUT2D eigenvalue weighted by atomic mass is 16.7. The molecule has 0 aromatic carbocycles. The van der Waals surface area contributed by atoms with Gasteiger partial charge in [-0.15, -0.1) is 6.58 Å². The van der Waals surface area contributed by atoms with Crippen LogP contribution < -0.4 is 0 Å². The highest BCUT2D eigenvalue weighted by molar-refractivity contribution is 4.81. The molecule has 1 atom stereocenters. The van der Waals surface area contributed by atoms with Crippen LogP contribution in [0.4, 0.5) is 0 Å². The first-order valence-corrected chi connectivity index (χ1v) is 6.98. The highest BCUT2D eigenvalue weighted by Crippen LogP contribution is 2.18. The van der Waals surface area contributed by atoms with Gasteiger partial charge in [0.15, 0.2) is 6.29 Å². The number of methoxy groups -OCH3 is 2. The van der Waals surface area contributed by atoms with Crippen molar-refractivity contribution in [2.45, 2.75) is 64.6 Å². The predicted octanol–water partition coefficient (Wildman–Crippen LogP) is 4.55. The van der Waals surface area contributed by atoms with E-state index < -0.39 is 0 Å². The molecule has 17 heavy (non-hydrogen) atoms. The maximum Gasteiger partial charge on any atom is 0.162 e. The summed E-state index contributed by atoms with van der Waals surface area (Å²) in [5.41, 5.74) is 0. The molecular formula is C15H30O2. The Bertz CT molecular complexity index is 164. The van der Waals surface area contributed by atoms with Crippen LogP contribution in [-0.2, 0) is 9.47 Å². The second kappa shape index (κ2) is 12.1. The van der Waals surface area contributed by atoms with Crippen LogP contribution in [0.3, 0.4) is 0 Å². The SMILES string of the molecule is C=CC(CCCCCCCCC)C(OC)OC. The Morgan fingerprint density at radius 2 is 1.47 bits per heavy atom. The Morgan fingerprint density at radius 3 is 1.94 bits per heavy atom. The van der Waals surface area contributed by atoms with Gasteiger partial charge in [0.05, 0.1) is 0 Å². The summed E-state index contributed by atoms with van der Waals surface area (Å²) in [6, 6.07) is 0. The highest BCUT2D eigenvalue weighted by Gasteiger charge is 2.16. The molecule has 2 heteroatoms. The molecule has 0 aliphatic rings. The van der Waals surface area contributed by atoms with E-state index >= 15 is 0 Å². The molecule has 0 bridgehead atoms. The average molecular weight is 242 g/mol. The molecule has 0 spiro atoms. The number of ether oxygens (including phenoxy) is 2. The summed E-state index contributed by atoms with van der Waals surface area (Å²) in [5.74, 6) is 0.320. The van der Waals surface area contributed by atoms with Crippen LogP contribution in [0, 0.1) is 5.92 Å². The Labute approximate surface area is 107 Å². The number of unbranched alkanes of at least 4 members (excludes halogenated alkanes) is 6. The minimum Gasteiger partial charge on any atom is -0.355 e. The second-order valence-electron chi connectivity index (χ2n) is 4.65. The molecule has 0 heterocycles. The Morgan fingerprint density at radius 1 is 0.941 bits per heavy atom. The van der Waals surface area contributed by atoms with Crippen molar-refractivity contribution in [3.63, 3.8) is 0 Å². The molecule has 102 valence electrons. The number of hydrogen-bond donors (Lipinski definition) is 0. The third kappa shape index (κ3) is 8.39. The smallest absolute Gasteiger partial charge is 0.162 e. The maximum absolute atomic E-state index is 5.27. The van der Waals surface area contributed by atoms with Crippen LogP contribution in [0.1, 0.15) is 58.3 Å². The van der Waals surface area contributed by atoms with E-state index in [1.165, 1.54) is 44.9 Å². The topological polar surface area (TPSA) is 18.5 Å². The van der Waals surface area contributed by atoms with Gasteiger partial charge in [0.2, 0.25) is 0 Å². The molecule has 0 saturated carbocycles. The molecule has 0 rings (SSSR count). The summed E-state index contributed by atoms with van der Waals surface area (Å²) >= 11 is 0. The lowest BCUT2D eigenvalue weighted by Gasteiger charge is -2.21. The molecule has 0 amide bonds. The van der Waals surface area contributed by atoms with E-state index in [-0.39, 0.29) is 6.29 Å². The van der Waals surface area contributed by atoms with E-state index in [0.29, 0.717) is 5.92 Å². The summed E-state index contributed by atoms with van der Waals surface area (Å²) in [6.07, 6.45) is 12.3. The van der Waals surface area contributed by atoms with Crippen LogP contribution in [0.25, 0.3) is 0 Å². The van der Waals surface area contributed by atoms with E-state index in [9.17, 15) is 0 Å². The lowest BCUT2D eigenvalue weighted by molar-refractivity contribution is -0.127. The van der Waals surface area contributed by atoms with Gasteiger partial charge in [0.25, 0.3) is 0 Å². The van der Waals surface area contributed by atoms with Gasteiger partial charge in [-0.05, 0) is 6.42 Å². The van der Waals surface area contributed by atoms with Crippen LogP contribution >= 0.6 is 0 Å². The molecule has 2 nitrogen and oxygen atoms in total. The third-order valence-corrected chi connectivity index (χ3v) is 3.26. The Balaban J connectivity index is 3.52. The molecule has 0 fully saturated rings. The molecule has 0 radical (unpaired) electrons. The zero-order chi connectivity index (χ0) is 12.9. The first kappa shape index (κ1) is 16.7. The van der Waals surface area contributed by atoms with E-state index in [1.807, 2.05) is 6.08 Å². The summed E-state index contributed by atoms with van der Waals surface area (Å²) in [5, 5.41) is 0. The van der Waals surface area contributed by atoms with Gasteiger partial charge >= 0.3 is 0 Å². The van der Waals surface area contributed by atoms with E-state index in [2.05, 4.69) is 13.5 Å². The van der Waals surface area contributed by atoms with Crippen molar-refractivity contribution in [3.05, 3.63) is 12.7 Å². The fourth-order valence-electron chi connectivity index (χ4n) is 2.15. The van der Waals surface area contributed by atoms with Gasteiger partial charge < -0.3 is 9.47 Å². The van der Waals surface area contributed by atoms with Gasteiger partial charge in [-0.2, -0.15) is 0 Å². The van der Waals surface area contributed by atoms with Crippen LogP contribution in [0.2, 0.25) is 0 Å². The summed E-state index contributed by atoms with van der Waals surface area (Å²) in [7, 11) is 3.38. The molecule has 0 N–H and O–H groups in total. The van der Waals surface area contributed by atoms with Crippen LogP contribution in [-0.4, -0.2) is 20.5 Å². The standard InChI is InChI=1S/C15H30O2/c1-5-7-8-9-10-11-12-13-14(6-2)15(16-3)17-4/h6,14-15H,2,5,7-13H2,1,3-4H3. The van der Waals surface area contributed by atoms with Crippen molar-refractivity contribution in [1.82, 2.24) is 0 Å². The monoisotopic (exact) mass is 242 g/mol. The van der Waals surface area contributed by atoms with Crippen molar-refractivity contribution in [3.8, 4) is 0 Å². The van der Waals surface area contributed by atoms with E-state index in [4.69, 9.17) is 9.47 Å². The van der Waals surface area contributed by atoms with Crippen LogP contribution in [0.5, 0.6) is 0 Å². The lowest BCUT2D eigenvalue weighted by atomic mass is 9.99. The normalized spacial score (nSPS) is 12.9. The Kier molecular flexibility index (Phi) is 11.9. The first-order valence-electron chi connectivity index (χ1n) is 6.98. The van der Waals surface area contributed by atoms with Crippen molar-refractivity contribution < 1.29 is 9.47 Å². The molecule has 0 aliphatic heterocycles. The quantitative estimate of drug-likeness (QED) is 0.284. The maximum atomic E-state index is 5.27. The third-order valence-electron chi connectivity index (χ3n) is 3.26. The van der Waals surface area contributed by atoms with Crippen molar-refractivity contribution >= 4 is 0 Å². The zero-order valence-electron chi connectivity index (χ0n) is 11.9. The van der Waals surface area contributed by atoms with Gasteiger partial charge in [-0.1, -0.05) is 57.9 Å². The largest absolute Gasteiger partial charge is 0.355 e. The van der Waals surface area contributed by atoms with E-state index in [0.717, 1.165) is 6.42 Å². The minimum absolute atomic E-state index is 0.132. The summed E-state index contributed by atoms with van der Waals surface area (Å²) < 4.78 is 10.5. The fourth-order valence-corrected chi connectivity index (χ4v) is 2.15. The zero-order valence-corrected chi connectivity index (χ0v) is 11.9. The van der Waals surface area contributed by atoms with Gasteiger partial charge in [0, 0.05) is 20.1 Å². The predicted molar refractivity (Wildman–Crippen MR) is 74.1 cm³/mol. The van der Waals surface area contributed by atoms with Gasteiger partial charge in [0.1, 0.15) is 0 Å². The van der Waals surface area contributed by atoms with Gasteiger partial charge in [-0.25, -0.2) is 0 Å². The number of hydrogen-bond acceptors (Lipinski definition) is 2. The van der Waals surface area contributed by atoms with E-state index in [1.54, 1.807) is 14.2 Å². The average Bonchev–Trinajstić information content (AvgIpc) is 2.36. The molecular weight excluding hydrogens is 212 g/mol. The van der Waals surface area contributed by atoms with Crippen molar-refractivity contribution in [1.29, 1.82) is 0 Å².